The standard InChI is InChI=1S/C24H17Cl2F3N2O3S/c1-12-6-17(26)9-18(21(12)32)22(33)31-23-30-20-14(7-15(24(27,28)29)8-19(20)35-23)11-34-10-13-2-4-16(25)5-3-13/h2-9,32H,10-11H2,1H3,(H,30,31,33). The Morgan fingerprint density at radius 2 is 1.80 bits per heavy atom. The summed E-state index contributed by atoms with van der Waals surface area (Å²) in [6.45, 7) is 1.62. The van der Waals surface area contributed by atoms with Gasteiger partial charge in [0.2, 0.25) is 0 Å². The van der Waals surface area contributed by atoms with E-state index in [0.29, 0.717) is 10.6 Å². The number of phenols is 1. The normalized spacial score (nSPS) is 11.7. The summed E-state index contributed by atoms with van der Waals surface area (Å²) in [5.74, 6) is -0.938. The largest absolute Gasteiger partial charge is 0.507 e. The van der Waals surface area contributed by atoms with Crippen LogP contribution in [0.15, 0.2) is 48.5 Å². The molecule has 0 saturated heterocycles. The minimum absolute atomic E-state index is 0.0697. The number of hydrogen-bond donors (Lipinski definition) is 2. The molecule has 4 aromatic rings. The number of ether oxygens (including phenoxy) is 1. The van der Waals surface area contributed by atoms with Crippen molar-refractivity contribution in [1.82, 2.24) is 4.98 Å². The van der Waals surface area contributed by atoms with Gasteiger partial charge in [0.25, 0.3) is 5.91 Å². The second kappa shape index (κ2) is 10.0. The summed E-state index contributed by atoms with van der Waals surface area (Å²) in [6.07, 6.45) is -4.57. The number of fused-ring (bicyclic) bond motifs is 1. The van der Waals surface area contributed by atoms with Gasteiger partial charge in [-0.3, -0.25) is 10.1 Å². The topological polar surface area (TPSA) is 71.5 Å². The summed E-state index contributed by atoms with van der Waals surface area (Å²) in [7, 11) is 0. The summed E-state index contributed by atoms with van der Waals surface area (Å²) >= 11 is 12.7. The number of thiazole rings is 1. The quantitative estimate of drug-likeness (QED) is 0.264. The SMILES string of the molecule is Cc1cc(Cl)cc(C(=O)Nc2nc3c(COCc4ccc(Cl)cc4)cc(C(F)(F)F)cc3s2)c1O. The maximum atomic E-state index is 13.5. The Morgan fingerprint density at radius 3 is 2.49 bits per heavy atom. The minimum Gasteiger partial charge on any atom is -0.507 e. The first-order valence-corrected chi connectivity index (χ1v) is 11.7. The lowest BCUT2D eigenvalue weighted by molar-refractivity contribution is -0.137. The third kappa shape index (κ3) is 5.87. The molecule has 1 amide bonds. The van der Waals surface area contributed by atoms with Gasteiger partial charge >= 0.3 is 6.18 Å². The van der Waals surface area contributed by atoms with Crippen molar-refractivity contribution in [2.24, 2.45) is 0 Å². The maximum absolute atomic E-state index is 13.5. The Bertz CT molecular complexity index is 1410. The molecule has 0 atom stereocenters. The molecule has 0 aliphatic rings. The monoisotopic (exact) mass is 540 g/mol. The van der Waals surface area contributed by atoms with Gasteiger partial charge in [-0.2, -0.15) is 13.2 Å². The summed E-state index contributed by atoms with van der Waals surface area (Å²) in [5.41, 5.74) is 0.793. The fraction of sp³-hybridized carbons (Fsp3) is 0.167. The first-order valence-electron chi connectivity index (χ1n) is 10.1. The average Bonchev–Trinajstić information content (AvgIpc) is 3.19. The average molecular weight is 541 g/mol. The molecule has 1 aromatic heterocycles. The van der Waals surface area contributed by atoms with Crippen molar-refractivity contribution in [3.63, 3.8) is 0 Å². The van der Waals surface area contributed by atoms with Gasteiger partial charge in [0.1, 0.15) is 5.75 Å². The van der Waals surface area contributed by atoms with E-state index in [1.807, 2.05) is 0 Å². The van der Waals surface area contributed by atoms with E-state index in [1.165, 1.54) is 12.1 Å². The molecule has 182 valence electrons. The molecule has 4 rings (SSSR count). The van der Waals surface area contributed by atoms with Crippen molar-refractivity contribution >= 4 is 55.8 Å². The molecule has 5 nitrogen and oxygen atoms in total. The highest BCUT2D eigenvalue weighted by Crippen LogP contribution is 2.37. The fourth-order valence-corrected chi connectivity index (χ4v) is 4.71. The summed E-state index contributed by atoms with van der Waals surface area (Å²) in [6, 6.07) is 11.7. The number of aryl methyl sites for hydroxylation is 1. The highest BCUT2D eigenvalue weighted by Gasteiger charge is 2.32. The predicted octanol–water partition coefficient (Wildman–Crippen LogP) is 7.61. The van der Waals surface area contributed by atoms with E-state index in [4.69, 9.17) is 27.9 Å². The van der Waals surface area contributed by atoms with Crippen LogP contribution in [0.1, 0.15) is 32.6 Å². The van der Waals surface area contributed by atoms with Crippen molar-refractivity contribution in [3.8, 4) is 5.75 Å². The summed E-state index contributed by atoms with van der Waals surface area (Å²) in [4.78, 5) is 17.0. The van der Waals surface area contributed by atoms with Crippen LogP contribution in [0.2, 0.25) is 10.0 Å². The first kappa shape index (κ1) is 25.2. The molecule has 2 N–H and O–H groups in total. The number of aromatic hydroxyl groups is 1. The Morgan fingerprint density at radius 1 is 1.09 bits per heavy atom. The van der Waals surface area contributed by atoms with E-state index >= 15 is 0 Å². The van der Waals surface area contributed by atoms with Gasteiger partial charge in [-0.25, -0.2) is 4.98 Å². The van der Waals surface area contributed by atoms with E-state index in [9.17, 15) is 23.1 Å². The van der Waals surface area contributed by atoms with Crippen LogP contribution in [0.4, 0.5) is 18.3 Å². The number of carbonyl (C=O) groups is 1. The lowest BCUT2D eigenvalue weighted by Crippen LogP contribution is -2.12. The highest BCUT2D eigenvalue weighted by molar-refractivity contribution is 7.22. The Hall–Kier alpha value is -2.85. The van der Waals surface area contributed by atoms with Crippen LogP contribution in [0, 0.1) is 6.92 Å². The van der Waals surface area contributed by atoms with Gasteiger partial charge in [0.05, 0.1) is 34.6 Å². The number of alkyl halides is 3. The molecule has 0 spiro atoms. The zero-order chi connectivity index (χ0) is 25.3. The molecule has 0 unspecified atom stereocenters. The maximum Gasteiger partial charge on any atom is 0.416 e. The van der Waals surface area contributed by atoms with E-state index in [0.717, 1.165) is 29.0 Å². The van der Waals surface area contributed by atoms with Crippen molar-refractivity contribution < 1.29 is 27.8 Å². The molecule has 0 aliphatic carbocycles. The number of carbonyl (C=O) groups excluding carboxylic acids is 1. The molecule has 0 fully saturated rings. The zero-order valence-electron chi connectivity index (χ0n) is 18.0. The number of hydrogen-bond acceptors (Lipinski definition) is 5. The molecule has 11 heteroatoms. The number of anilines is 1. The Labute approximate surface area is 212 Å². The van der Waals surface area contributed by atoms with Crippen molar-refractivity contribution in [3.05, 3.63) is 86.4 Å². The van der Waals surface area contributed by atoms with E-state index < -0.39 is 17.6 Å². The van der Waals surface area contributed by atoms with Crippen molar-refractivity contribution in [2.75, 3.05) is 5.32 Å². The number of amides is 1. The van der Waals surface area contributed by atoms with Crippen LogP contribution in [0.3, 0.4) is 0 Å². The van der Waals surface area contributed by atoms with Gasteiger partial charge in [0.15, 0.2) is 5.13 Å². The lowest BCUT2D eigenvalue weighted by atomic mass is 10.1. The third-order valence-electron chi connectivity index (χ3n) is 5.07. The number of aromatic nitrogens is 1. The lowest BCUT2D eigenvalue weighted by Gasteiger charge is -2.10. The molecule has 0 radical (unpaired) electrons. The number of benzene rings is 3. The van der Waals surface area contributed by atoms with Gasteiger partial charge < -0.3 is 9.84 Å². The molecule has 0 saturated carbocycles. The summed E-state index contributed by atoms with van der Waals surface area (Å²) < 4.78 is 46.4. The number of phenolic OH excluding ortho intramolecular Hbond substituents is 1. The number of nitrogens with one attached hydrogen (secondary N) is 1. The first-order chi connectivity index (χ1) is 16.5. The van der Waals surface area contributed by atoms with Crippen LogP contribution >= 0.6 is 34.5 Å². The van der Waals surface area contributed by atoms with Gasteiger partial charge in [-0.15, -0.1) is 0 Å². The van der Waals surface area contributed by atoms with Crippen molar-refractivity contribution in [1.29, 1.82) is 0 Å². The molecule has 1 heterocycles. The predicted molar refractivity (Wildman–Crippen MR) is 130 cm³/mol. The fourth-order valence-electron chi connectivity index (χ4n) is 3.36. The summed E-state index contributed by atoms with van der Waals surface area (Å²) in [5, 5.41) is 13.6. The third-order valence-corrected chi connectivity index (χ3v) is 6.46. The van der Waals surface area contributed by atoms with Crippen LogP contribution in [0.5, 0.6) is 5.75 Å². The van der Waals surface area contributed by atoms with Crippen LogP contribution < -0.4 is 5.32 Å². The van der Waals surface area contributed by atoms with E-state index in [2.05, 4.69) is 10.3 Å². The van der Waals surface area contributed by atoms with Gasteiger partial charge in [0, 0.05) is 15.6 Å². The van der Waals surface area contributed by atoms with Crippen LogP contribution in [-0.2, 0) is 24.1 Å². The zero-order valence-corrected chi connectivity index (χ0v) is 20.4. The van der Waals surface area contributed by atoms with E-state index in [-0.39, 0.29) is 50.5 Å². The molecule has 35 heavy (non-hydrogen) atoms. The number of nitrogens with zero attached hydrogens (tertiary/aromatic N) is 1. The van der Waals surface area contributed by atoms with Crippen LogP contribution in [-0.4, -0.2) is 16.0 Å². The molecular weight excluding hydrogens is 524 g/mol. The van der Waals surface area contributed by atoms with Gasteiger partial charge in [-0.1, -0.05) is 46.7 Å². The Kier molecular flexibility index (Phi) is 7.23. The molecule has 0 bridgehead atoms. The van der Waals surface area contributed by atoms with Crippen LogP contribution in [0.25, 0.3) is 10.2 Å². The molecule has 3 aromatic carbocycles. The number of halogens is 5. The molecule has 0 aliphatic heterocycles. The Balaban J connectivity index is 1.62. The van der Waals surface area contributed by atoms with Gasteiger partial charge in [-0.05, 0) is 54.4 Å². The van der Waals surface area contributed by atoms with Crippen molar-refractivity contribution in [2.45, 2.75) is 26.3 Å². The molecular formula is C24H17Cl2F3N2O3S. The smallest absolute Gasteiger partial charge is 0.416 e. The second-order valence-corrected chi connectivity index (χ2v) is 9.59. The number of rotatable bonds is 6. The van der Waals surface area contributed by atoms with E-state index in [1.54, 1.807) is 31.2 Å². The second-order valence-electron chi connectivity index (χ2n) is 7.69. The highest BCUT2D eigenvalue weighted by atomic mass is 35.5. The minimum atomic E-state index is -4.57.